The number of carbonyl (C=O) groups is 5. The number of fused-ring (bicyclic) bond motifs is 3. The lowest BCUT2D eigenvalue weighted by Crippen LogP contribution is -2.46. The average Bonchev–Trinajstić information content (AvgIpc) is 3.41. The number of hydrazone groups is 1. The van der Waals surface area contributed by atoms with Crippen molar-refractivity contribution in [3.05, 3.63) is 71.8 Å². The second-order valence-corrected chi connectivity index (χ2v) is 9.55. The summed E-state index contributed by atoms with van der Waals surface area (Å²) < 4.78 is 10.3. The molecule has 0 radical (unpaired) electrons. The maximum Gasteiger partial charge on any atom is 0.338 e. The van der Waals surface area contributed by atoms with E-state index in [1.807, 2.05) is 6.92 Å². The first-order valence-corrected chi connectivity index (χ1v) is 12.8. The van der Waals surface area contributed by atoms with Crippen LogP contribution in [0.4, 0.5) is 5.69 Å². The Hall–Kier alpha value is -4.60. The van der Waals surface area contributed by atoms with Gasteiger partial charge in [0.15, 0.2) is 5.78 Å². The minimum absolute atomic E-state index is 0.288. The monoisotopic (exact) mass is 529 g/mol. The highest BCUT2D eigenvalue weighted by molar-refractivity contribution is 6.24. The summed E-state index contributed by atoms with van der Waals surface area (Å²) in [7, 11) is 0. The SMILES string of the molecule is CCCCOC(=O)c1ccc(N2C(=O)[C@@H]3[C@H](C2=O)[C@H](C(=O)c2ccc(OC(C)=O)cc2)N2N=CC=C[C@H]32)cc1. The lowest BCUT2D eigenvalue weighted by atomic mass is 9.86. The van der Waals surface area contributed by atoms with E-state index in [2.05, 4.69) is 5.10 Å². The lowest BCUT2D eigenvalue weighted by molar-refractivity contribution is -0.132. The number of anilines is 1. The number of carbonyl (C=O) groups excluding carboxylic acids is 5. The summed E-state index contributed by atoms with van der Waals surface area (Å²) in [6.07, 6.45) is 6.64. The van der Waals surface area contributed by atoms with Crippen molar-refractivity contribution in [1.82, 2.24) is 5.01 Å². The third-order valence-corrected chi connectivity index (χ3v) is 7.05. The van der Waals surface area contributed by atoms with Gasteiger partial charge in [-0.05, 0) is 61.0 Å². The molecule has 0 aromatic heterocycles. The normalized spacial score (nSPS) is 23.0. The van der Waals surface area contributed by atoms with Gasteiger partial charge in [-0.3, -0.25) is 24.2 Å². The zero-order valence-corrected chi connectivity index (χ0v) is 21.5. The molecular formula is C29H27N3O7. The highest BCUT2D eigenvalue weighted by atomic mass is 16.5. The molecule has 2 aromatic carbocycles. The molecule has 39 heavy (non-hydrogen) atoms. The summed E-state index contributed by atoms with van der Waals surface area (Å²) in [6.45, 7) is 3.59. The minimum Gasteiger partial charge on any atom is -0.462 e. The summed E-state index contributed by atoms with van der Waals surface area (Å²) in [4.78, 5) is 65.7. The van der Waals surface area contributed by atoms with Crippen LogP contribution in [0.15, 0.2) is 65.8 Å². The molecule has 2 amide bonds. The van der Waals surface area contributed by atoms with Crippen molar-refractivity contribution in [3.8, 4) is 5.75 Å². The van der Waals surface area contributed by atoms with Crippen molar-refractivity contribution in [2.24, 2.45) is 16.9 Å². The topological polar surface area (TPSA) is 123 Å². The van der Waals surface area contributed by atoms with Crippen LogP contribution < -0.4 is 9.64 Å². The van der Waals surface area contributed by atoms with Crippen LogP contribution >= 0.6 is 0 Å². The molecule has 2 fully saturated rings. The van der Waals surface area contributed by atoms with Crippen LogP contribution in [0.1, 0.15) is 47.4 Å². The van der Waals surface area contributed by atoms with E-state index in [1.165, 1.54) is 66.7 Å². The Bertz CT molecular complexity index is 1380. The average molecular weight is 530 g/mol. The van der Waals surface area contributed by atoms with Crippen LogP contribution in [-0.2, 0) is 19.1 Å². The number of hydrogen-bond donors (Lipinski definition) is 0. The van der Waals surface area contributed by atoms with Gasteiger partial charge in [0.2, 0.25) is 11.8 Å². The summed E-state index contributed by atoms with van der Waals surface area (Å²) in [5, 5.41) is 5.87. The largest absolute Gasteiger partial charge is 0.462 e. The third kappa shape index (κ3) is 4.73. The van der Waals surface area contributed by atoms with Crippen molar-refractivity contribution in [2.75, 3.05) is 11.5 Å². The fourth-order valence-corrected chi connectivity index (χ4v) is 5.25. The van der Waals surface area contributed by atoms with Crippen molar-refractivity contribution >= 4 is 41.4 Å². The summed E-state index contributed by atoms with van der Waals surface area (Å²) in [5.74, 6) is -3.74. The van der Waals surface area contributed by atoms with Gasteiger partial charge in [0.1, 0.15) is 11.8 Å². The molecule has 0 spiro atoms. The molecule has 3 aliphatic rings. The van der Waals surface area contributed by atoms with E-state index >= 15 is 0 Å². The van der Waals surface area contributed by atoms with Gasteiger partial charge in [-0.2, -0.15) is 5.10 Å². The highest BCUT2D eigenvalue weighted by Crippen LogP contribution is 2.46. The molecule has 0 N–H and O–H groups in total. The van der Waals surface area contributed by atoms with E-state index < -0.39 is 47.7 Å². The number of unbranched alkanes of at least 4 members (excludes halogenated alkanes) is 1. The number of esters is 2. The number of imide groups is 1. The van der Waals surface area contributed by atoms with Gasteiger partial charge in [0.25, 0.3) is 0 Å². The Labute approximate surface area is 224 Å². The van der Waals surface area contributed by atoms with Crippen LogP contribution in [-0.4, -0.2) is 59.5 Å². The van der Waals surface area contributed by atoms with Crippen molar-refractivity contribution in [2.45, 2.75) is 38.8 Å². The predicted octanol–water partition coefficient (Wildman–Crippen LogP) is 3.17. The number of ketones is 1. The van der Waals surface area contributed by atoms with Crippen LogP contribution in [0.5, 0.6) is 5.75 Å². The van der Waals surface area contributed by atoms with Crippen molar-refractivity contribution < 1.29 is 33.4 Å². The van der Waals surface area contributed by atoms with E-state index in [0.717, 1.165) is 17.7 Å². The van der Waals surface area contributed by atoms with Crippen molar-refractivity contribution in [3.63, 3.8) is 0 Å². The van der Waals surface area contributed by atoms with Gasteiger partial charge in [-0.25, -0.2) is 9.69 Å². The molecule has 0 saturated carbocycles. The van der Waals surface area contributed by atoms with Gasteiger partial charge in [0, 0.05) is 18.7 Å². The number of rotatable bonds is 8. The van der Waals surface area contributed by atoms with Gasteiger partial charge < -0.3 is 9.47 Å². The van der Waals surface area contributed by atoms with Gasteiger partial charge in [-0.1, -0.05) is 19.4 Å². The molecular weight excluding hydrogens is 502 g/mol. The highest BCUT2D eigenvalue weighted by Gasteiger charge is 2.64. The van der Waals surface area contributed by atoms with Crippen LogP contribution in [0, 0.1) is 11.8 Å². The molecule has 0 bridgehead atoms. The first-order valence-electron chi connectivity index (χ1n) is 12.8. The lowest BCUT2D eigenvalue weighted by Gasteiger charge is -2.30. The Morgan fingerprint density at radius 3 is 2.26 bits per heavy atom. The molecule has 3 aliphatic heterocycles. The maximum atomic E-state index is 13.8. The fourth-order valence-electron chi connectivity index (χ4n) is 5.25. The minimum atomic E-state index is -1.00. The Kier molecular flexibility index (Phi) is 7.10. The third-order valence-electron chi connectivity index (χ3n) is 7.05. The Balaban J connectivity index is 1.41. The quantitative estimate of drug-likeness (QED) is 0.168. The first kappa shape index (κ1) is 26.0. The van der Waals surface area contributed by atoms with Crippen LogP contribution in [0.25, 0.3) is 0 Å². The van der Waals surface area contributed by atoms with Gasteiger partial charge in [0.05, 0.1) is 35.7 Å². The van der Waals surface area contributed by atoms with Crippen LogP contribution in [0.3, 0.4) is 0 Å². The van der Waals surface area contributed by atoms with E-state index in [9.17, 15) is 24.0 Å². The van der Waals surface area contributed by atoms with E-state index in [-0.39, 0.29) is 11.5 Å². The smallest absolute Gasteiger partial charge is 0.338 e. The fraction of sp³-hybridized carbons (Fsp3) is 0.310. The Morgan fingerprint density at radius 1 is 0.923 bits per heavy atom. The number of nitrogens with zero attached hydrogens (tertiary/aromatic N) is 3. The number of allylic oxidation sites excluding steroid dienone is 1. The molecule has 10 nitrogen and oxygen atoms in total. The van der Waals surface area contributed by atoms with E-state index in [0.29, 0.717) is 23.4 Å². The van der Waals surface area contributed by atoms with Gasteiger partial charge >= 0.3 is 11.9 Å². The zero-order valence-electron chi connectivity index (χ0n) is 21.5. The zero-order chi connectivity index (χ0) is 27.7. The Morgan fingerprint density at radius 2 is 1.59 bits per heavy atom. The summed E-state index contributed by atoms with van der Waals surface area (Å²) in [5.41, 5.74) is 0.927. The molecule has 10 heteroatoms. The van der Waals surface area contributed by atoms with E-state index in [1.54, 1.807) is 12.2 Å². The number of hydrogen-bond acceptors (Lipinski definition) is 9. The molecule has 5 rings (SSSR count). The molecule has 3 heterocycles. The number of ether oxygens (including phenoxy) is 2. The van der Waals surface area contributed by atoms with Gasteiger partial charge in [-0.15, -0.1) is 0 Å². The number of benzene rings is 2. The first-order chi connectivity index (χ1) is 18.8. The molecule has 0 unspecified atom stereocenters. The second kappa shape index (κ2) is 10.6. The molecule has 4 atom stereocenters. The molecule has 200 valence electrons. The standard InChI is InChI=1S/C29H27N3O7/c1-3-4-16-38-29(37)19-7-11-20(12-8-19)31-27(35)23-22-6-5-15-30-32(22)25(24(23)28(31)36)26(34)18-9-13-21(14-10-18)39-17(2)33/h5-15,22-25H,3-4,16H2,1-2H3/t22-,23+,24+,25-/m1/s1. The predicted molar refractivity (Wildman–Crippen MR) is 140 cm³/mol. The summed E-state index contributed by atoms with van der Waals surface area (Å²) in [6, 6.07) is 10.6. The molecule has 2 aromatic rings. The number of Topliss-reactive ketones (excluding diaryl/α,β-unsaturated/α-hetero) is 1. The van der Waals surface area contributed by atoms with E-state index in [4.69, 9.17) is 9.47 Å². The summed E-state index contributed by atoms with van der Waals surface area (Å²) >= 11 is 0. The maximum absolute atomic E-state index is 13.8. The van der Waals surface area contributed by atoms with Crippen LogP contribution in [0.2, 0.25) is 0 Å². The number of amides is 2. The molecule has 0 aliphatic carbocycles. The van der Waals surface area contributed by atoms with Crippen molar-refractivity contribution in [1.29, 1.82) is 0 Å². The molecule has 2 saturated heterocycles. The second-order valence-electron chi connectivity index (χ2n) is 9.55.